The van der Waals surface area contributed by atoms with E-state index < -0.39 is 0 Å². The number of anilines is 1. The zero-order chi connectivity index (χ0) is 25.9. The minimum Gasteiger partial charge on any atom is -0.493 e. The van der Waals surface area contributed by atoms with E-state index >= 15 is 0 Å². The van der Waals surface area contributed by atoms with E-state index in [4.69, 9.17) is 14.2 Å². The average molecular weight is 495 g/mol. The van der Waals surface area contributed by atoms with E-state index in [1.807, 2.05) is 42.6 Å². The highest BCUT2D eigenvalue weighted by Gasteiger charge is 2.18. The van der Waals surface area contributed by atoms with Gasteiger partial charge in [-0.25, -0.2) is 4.98 Å². The highest BCUT2D eigenvalue weighted by atomic mass is 16.5. The second kappa shape index (κ2) is 10.0. The van der Waals surface area contributed by atoms with Gasteiger partial charge in [0.2, 0.25) is 5.75 Å². The average Bonchev–Trinajstić information content (AvgIpc) is 3.36. The maximum atomic E-state index is 13.3. The standard InChI is InChI=1S/C29H26N4O4/c1-18-7-5-8-19(13-18)27-22(9-6-12-30-27)20-10-11-26-31-16-23(33(26)17-20)29(34)32-21-14-24(35-2)28(37-4)25(15-21)36-3/h5-17H,1-4H3,(H,32,34). The molecular formula is C29H26N4O4. The van der Waals surface area contributed by atoms with E-state index in [2.05, 4.69) is 34.3 Å². The monoisotopic (exact) mass is 494 g/mol. The fourth-order valence-electron chi connectivity index (χ4n) is 4.32. The number of fused-ring (bicyclic) bond motifs is 1. The van der Waals surface area contributed by atoms with Gasteiger partial charge in [-0.15, -0.1) is 0 Å². The molecule has 5 aromatic rings. The fraction of sp³-hybridized carbons (Fsp3) is 0.138. The molecule has 3 heterocycles. The molecule has 0 saturated heterocycles. The number of hydrogen-bond donors (Lipinski definition) is 1. The molecular weight excluding hydrogens is 468 g/mol. The first-order chi connectivity index (χ1) is 18.0. The van der Waals surface area contributed by atoms with Crippen LogP contribution in [0.4, 0.5) is 5.69 Å². The van der Waals surface area contributed by atoms with Crippen LogP contribution in [0.3, 0.4) is 0 Å². The third-order valence-electron chi connectivity index (χ3n) is 6.07. The molecule has 37 heavy (non-hydrogen) atoms. The minimum atomic E-state index is -0.330. The molecule has 0 aliphatic heterocycles. The quantitative estimate of drug-likeness (QED) is 0.315. The summed E-state index contributed by atoms with van der Waals surface area (Å²) in [4.78, 5) is 22.4. The summed E-state index contributed by atoms with van der Waals surface area (Å²) in [6, 6.07) is 19.4. The smallest absolute Gasteiger partial charge is 0.274 e. The third-order valence-corrected chi connectivity index (χ3v) is 6.07. The van der Waals surface area contributed by atoms with Crippen molar-refractivity contribution >= 4 is 17.2 Å². The Balaban J connectivity index is 1.52. The van der Waals surface area contributed by atoms with Gasteiger partial charge in [-0.2, -0.15) is 0 Å². The highest BCUT2D eigenvalue weighted by Crippen LogP contribution is 2.40. The topological polar surface area (TPSA) is 87.0 Å². The number of aryl methyl sites for hydroxylation is 1. The molecule has 0 spiro atoms. The van der Waals surface area contributed by atoms with Crippen molar-refractivity contribution in [1.82, 2.24) is 14.4 Å². The van der Waals surface area contributed by atoms with Gasteiger partial charge in [-0.3, -0.25) is 14.2 Å². The first kappa shape index (κ1) is 23.9. The third kappa shape index (κ3) is 4.56. The van der Waals surface area contributed by atoms with E-state index in [1.165, 1.54) is 21.3 Å². The fourth-order valence-corrected chi connectivity index (χ4v) is 4.32. The Bertz CT molecular complexity index is 1580. The molecule has 3 aromatic heterocycles. The summed E-state index contributed by atoms with van der Waals surface area (Å²) in [6.45, 7) is 2.06. The number of hydrogen-bond acceptors (Lipinski definition) is 6. The van der Waals surface area contributed by atoms with Crippen LogP contribution in [0.1, 0.15) is 16.1 Å². The van der Waals surface area contributed by atoms with Crippen molar-refractivity contribution in [2.24, 2.45) is 0 Å². The zero-order valence-electron chi connectivity index (χ0n) is 21.0. The van der Waals surface area contributed by atoms with E-state index in [0.29, 0.717) is 34.3 Å². The van der Waals surface area contributed by atoms with Crippen molar-refractivity contribution in [2.45, 2.75) is 6.92 Å². The lowest BCUT2D eigenvalue weighted by Crippen LogP contribution is -2.14. The summed E-state index contributed by atoms with van der Waals surface area (Å²) in [5.74, 6) is 1.00. The predicted molar refractivity (Wildman–Crippen MR) is 143 cm³/mol. The van der Waals surface area contributed by atoms with Crippen LogP contribution in [0.25, 0.3) is 28.0 Å². The molecule has 0 aliphatic carbocycles. The second-order valence-electron chi connectivity index (χ2n) is 8.43. The SMILES string of the molecule is COc1cc(NC(=O)c2cnc3ccc(-c4cccnc4-c4cccc(C)c4)cn23)cc(OC)c1OC. The van der Waals surface area contributed by atoms with Gasteiger partial charge in [0.25, 0.3) is 5.91 Å². The number of pyridine rings is 2. The Kier molecular flexibility index (Phi) is 6.47. The number of carbonyl (C=O) groups excluding carboxylic acids is 1. The van der Waals surface area contributed by atoms with E-state index in [0.717, 1.165) is 27.9 Å². The number of carbonyl (C=O) groups is 1. The van der Waals surface area contributed by atoms with Gasteiger partial charge < -0.3 is 19.5 Å². The second-order valence-corrected chi connectivity index (χ2v) is 8.43. The number of nitrogens with zero attached hydrogens (tertiary/aromatic N) is 3. The van der Waals surface area contributed by atoms with Crippen molar-refractivity contribution in [1.29, 1.82) is 0 Å². The Morgan fingerprint density at radius 2 is 1.65 bits per heavy atom. The number of amides is 1. The van der Waals surface area contributed by atoms with Crippen LogP contribution in [0, 0.1) is 6.92 Å². The highest BCUT2D eigenvalue weighted by molar-refractivity contribution is 6.04. The first-order valence-corrected chi connectivity index (χ1v) is 11.6. The van der Waals surface area contributed by atoms with Gasteiger partial charge in [0.05, 0.1) is 33.2 Å². The molecule has 8 heteroatoms. The molecule has 0 unspecified atom stereocenters. The van der Waals surface area contributed by atoms with Gasteiger partial charge in [0, 0.05) is 46.9 Å². The largest absolute Gasteiger partial charge is 0.493 e. The molecule has 0 atom stereocenters. The number of ether oxygens (including phenoxy) is 3. The lowest BCUT2D eigenvalue weighted by atomic mass is 9.99. The molecule has 8 nitrogen and oxygen atoms in total. The Labute approximate surface area is 214 Å². The summed E-state index contributed by atoms with van der Waals surface area (Å²) in [6.07, 6.45) is 5.24. The van der Waals surface area contributed by atoms with Gasteiger partial charge >= 0.3 is 0 Å². The van der Waals surface area contributed by atoms with Crippen LogP contribution in [-0.2, 0) is 0 Å². The Morgan fingerprint density at radius 3 is 2.35 bits per heavy atom. The lowest BCUT2D eigenvalue weighted by Gasteiger charge is -2.14. The molecule has 0 radical (unpaired) electrons. The molecule has 1 N–H and O–H groups in total. The van der Waals surface area contributed by atoms with Gasteiger partial charge in [0.15, 0.2) is 11.5 Å². The number of methoxy groups -OCH3 is 3. The van der Waals surface area contributed by atoms with Crippen molar-refractivity contribution in [3.63, 3.8) is 0 Å². The number of imidazole rings is 1. The maximum Gasteiger partial charge on any atom is 0.274 e. The first-order valence-electron chi connectivity index (χ1n) is 11.6. The van der Waals surface area contributed by atoms with Crippen LogP contribution in [0.15, 0.2) is 79.3 Å². The molecule has 0 aliphatic rings. The van der Waals surface area contributed by atoms with Gasteiger partial charge in [-0.05, 0) is 31.2 Å². The van der Waals surface area contributed by atoms with E-state index in [-0.39, 0.29) is 5.91 Å². The molecule has 186 valence electrons. The Hall–Kier alpha value is -4.85. The molecule has 0 fully saturated rings. The summed E-state index contributed by atoms with van der Waals surface area (Å²) in [5, 5.41) is 2.91. The molecule has 2 aromatic carbocycles. The normalized spacial score (nSPS) is 10.8. The molecule has 1 amide bonds. The molecule has 0 saturated carbocycles. The minimum absolute atomic E-state index is 0.330. The van der Waals surface area contributed by atoms with Crippen LogP contribution >= 0.6 is 0 Å². The number of nitrogens with one attached hydrogen (secondary N) is 1. The van der Waals surface area contributed by atoms with Crippen LogP contribution in [0.5, 0.6) is 17.2 Å². The number of benzene rings is 2. The maximum absolute atomic E-state index is 13.3. The zero-order valence-corrected chi connectivity index (χ0v) is 21.0. The van der Waals surface area contributed by atoms with E-state index in [1.54, 1.807) is 28.9 Å². The predicted octanol–water partition coefficient (Wildman–Crippen LogP) is 5.65. The van der Waals surface area contributed by atoms with Crippen molar-refractivity contribution in [3.8, 4) is 39.6 Å². The number of aromatic nitrogens is 3. The molecule has 5 rings (SSSR count). The van der Waals surface area contributed by atoms with Crippen LogP contribution in [0.2, 0.25) is 0 Å². The summed E-state index contributed by atoms with van der Waals surface area (Å²) >= 11 is 0. The number of rotatable bonds is 7. The van der Waals surface area contributed by atoms with Crippen molar-refractivity contribution in [2.75, 3.05) is 26.6 Å². The van der Waals surface area contributed by atoms with Gasteiger partial charge in [0.1, 0.15) is 11.3 Å². The summed E-state index contributed by atoms with van der Waals surface area (Å²) in [5.41, 5.74) is 6.46. The summed E-state index contributed by atoms with van der Waals surface area (Å²) in [7, 11) is 4.58. The van der Waals surface area contributed by atoms with Crippen LogP contribution < -0.4 is 19.5 Å². The van der Waals surface area contributed by atoms with Crippen molar-refractivity contribution in [3.05, 3.63) is 90.5 Å². The lowest BCUT2D eigenvalue weighted by molar-refractivity contribution is 0.102. The van der Waals surface area contributed by atoms with E-state index in [9.17, 15) is 4.79 Å². The Morgan fingerprint density at radius 1 is 0.865 bits per heavy atom. The summed E-state index contributed by atoms with van der Waals surface area (Å²) < 4.78 is 17.9. The van der Waals surface area contributed by atoms with Crippen LogP contribution in [-0.4, -0.2) is 41.6 Å². The molecule has 0 bridgehead atoms. The van der Waals surface area contributed by atoms with Crippen molar-refractivity contribution < 1.29 is 19.0 Å². The van der Waals surface area contributed by atoms with Gasteiger partial charge in [-0.1, -0.05) is 29.8 Å².